The van der Waals surface area contributed by atoms with Crippen molar-refractivity contribution in [2.24, 2.45) is 13.0 Å². The lowest BCUT2D eigenvalue weighted by molar-refractivity contribution is -0.120. The van der Waals surface area contributed by atoms with Crippen molar-refractivity contribution in [3.05, 3.63) is 113 Å². The Morgan fingerprint density at radius 3 is 2.44 bits per heavy atom. The molecule has 1 heterocycles. The van der Waals surface area contributed by atoms with Crippen molar-refractivity contribution in [2.75, 3.05) is 4.90 Å². The number of aromatic nitrogens is 2. The summed E-state index contributed by atoms with van der Waals surface area (Å²) in [6.45, 7) is 0.250. The predicted octanol–water partition coefficient (Wildman–Crippen LogP) is 5.39. The third kappa shape index (κ3) is 5.67. The SMILES string of the molecule is Cn1ccnc1CN(C(=O)[C@@H]1C[C@H]1c1ccc(F)cc1)c1ccc2c(c1)[C@H](NS(=O)(=O)c1ccc(F)cc1)CCC2. The van der Waals surface area contributed by atoms with E-state index >= 15 is 0 Å². The second kappa shape index (κ2) is 10.8. The minimum Gasteiger partial charge on any atom is -0.337 e. The smallest absolute Gasteiger partial charge is 0.241 e. The summed E-state index contributed by atoms with van der Waals surface area (Å²) >= 11 is 0. The first kappa shape index (κ1) is 27.3. The number of carbonyl (C=O) groups excluding carboxylic acids is 1. The molecule has 0 bridgehead atoms. The van der Waals surface area contributed by atoms with Gasteiger partial charge in [-0.15, -0.1) is 0 Å². The van der Waals surface area contributed by atoms with Crippen LogP contribution in [0.25, 0.3) is 0 Å². The van der Waals surface area contributed by atoms with Crippen molar-refractivity contribution in [1.82, 2.24) is 14.3 Å². The van der Waals surface area contributed by atoms with E-state index in [1.54, 1.807) is 23.2 Å². The van der Waals surface area contributed by atoms with E-state index in [2.05, 4.69) is 9.71 Å². The van der Waals surface area contributed by atoms with Crippen LogP contribution in [-0.4, -0.2) is 23.9 Å². The second-order valence-corrected chi connectivity index (χ2v) is 12.5. The Kier molecular flexibility index (Phi) is 7.21. The van der Waals surface area contributed by atoms with Gasteiger partial charge in [0.05, 0.1) is 11.4 Å². The number of benzene rings is 3. The summed E-state index contributed by atoms with van der Waals surface area (Å²) in [6, 6.07) is 16.3. The molecule has 1 saturated carbocycles. The van der Waals surface area contributed by atoms with Gasteiger partial charge >= 0.3 is 0 Å². The largest absolute Gasteiger partial charge is 0.337 e. The van der Waals surface area contributed by atoms with Gasteiger partial charge in [0.25, 0.3) is 0 Å². The first-order chi connectivity index (χ1) is 19.7. The summed E-state index contributed by atoms with van der Waals surface area (Å²) in [5.41, 5.74) is 3.44. The van der Waals surface area contributed by atoms with Crippen LogP contribution in [-0.2, 0) is 34.8 Å². The molecule has 3 aromatic carbocycles. The first-order valence-corrected chi connectivity index (χ1v) is 15.1. The number of nitrogens with one attached hydrogen (secondary N) is 1. The van der Waals surface area contributed by atoms with Crippen molar-refractivity contribution in [3.63, 3.8) is 0 Å². The average molecular weight is 577 g/mol. The first-order valence-electron chi connectivity index (χ1n) is 13.6. The molecule has 41 heavy (non-hydrogen) atoms. The fraction of sp³-hybridized carbons (Fsp3) is 0.290. The minimum atomic E-state index is -3.90. The summed E-state index contributed by atoms with van der Waals surface area (Å²) in [7, 11) is -2.03. The molecule has 1 aromatic heterocycles. The standard InChI is InChI=1S/C31H30F2N4O3S/c1-36-16-15-34-30(36)19-37(31(38)28-18-26(28)21-5-8-22(32)9-6-21)24-12-7-20-3-2-4-29(27(20)17-24)35-41(39,40)25-13-10-23(33)11-14-25/h5-17,26,28-29,35H,2-4,18-19H2,1H3/t26-,28+,29+/m0/s1. The highest BCUT2D eigenvalue weighted by Crippen LogP contribution is 2.49. The van der Waals surface area contributed by atoms with Gasteiger partial charge in [-0.25, -0.2) is 26.9 Å². The molecule has 1 fully saturated rings. The fourth-order valence-corrected chi connectivity index (χ4v) is 6.93. The summed E-state index contributed by atoms with van der Waals surface area (Å²) in [5, 5.41) is 0. The van der Waals surface area contributed by atoms with Crippen molar-refractivity contribution >= 4 is 21.6 Å². The van der Waals surface area contributed by atoms with Crippen LogP contribution in [0.15, 0.2) is 84.0 Å². The normalized spacial score (nSPS) is 19.9. The summed E-state index contributed by atoms with van der Waals surface area (Å²) in [6.07, 6.45) is 6.38. The molecule has 2 aliphatic carbocycles. The van der Waals surface area contributed by atoms with Gasteiger partial charge < -0.3 is 9.47 Å². The highest BCUT2D eigenvalue weighted by Gasteiger charge is 2.46. The Bertz CT molecular complexity index is 1690. The lowest BCUT2D eigenvalue weighted by Gasteiger charge is -2.29. The number of anilines is 1. The van der Waals surface area contributed by atoms with Gasteiger partial charge in [0.1, 0.15) is 17.5 Å². The summed E-state index contributed by atoms with van der Waals surface area (Å²) < 4.78 is 57.9. The maximum Gasteiger partial charge on any atom is 0.241 e. The van der Waals surface area contributed by atoms with E-state index in [0.29, 0.717) is 24.4 Å². The monoisotopic (exact) mass is 576 g/mol. The Morgan fingerprint density at radius 1 is 1.05 bits per heavy atom. The van der Waals surface area contributed by atoms with Gasteiger partial charge in [0, 0.05) is 37.1 Å². The van der Waals surface area contributed by atoms with E-state index in [1.165, 1.54) is 24.3 Å². The number of nitrogens with zero attached hydrogens (tertiary/aromatic N) is 3. The highest BCUT2D eigenvalue weighted by molar-refractivity contribution is 7.89. The zero-order chi connectivity index (χ0) is 28.7. The lowest BCUT2D eigenvalue weighted by Crippen LogP contribution is -2.34. The number of rotatable bonds is 8. The highest BCUT2D eigenvalue weighted by atomic mass is 32.2. The maximum absolute atomic E-state index is 14.0. The molecule has 0 unspecified atom stereocenters. The van der Waals surface area contributed by atoms with E-state index in [9.17, 15) is 22.0 Å². The number of halogens is 2. The van der Waals surface area contributed by atoms with Crippen LogP contribution in [0.2, 0.25) is 0 Å². The number of hydrogen-bond acceptors (Lipinski definition) is 4. The Balaban J connectivity index is 1.31. The Morgan fingerprint density at radius 2 is 1.76 bits per heavy atom. The molecule has 0 saturated heterocycles. The van der Waals surface area contributed by atoms with Crippen LogP contribution in [0.3, 0.4) is 0 Å². The van der Waals surface area contributed by atoms with Crippen LogP contribution in [0.4, 0.5) is 14.5 Å². The van der Waals surface area contributed by atoms with Crippen LogP contribution < -0.4 is 9.62 Å². The van der Waals surface area contributed by atoms with Crippen LogP contribution in [0, 0.1) is 17.6 Å². The third-order valence-corrected chi connectivity index (χ3v) is 9.56. The van der Waals surface area contributed by atoms with Crippen molar-refractivity contribution in [1.29, 1.82) is 0 Å². The number of carbonyl (C=O) groups is 1. The van der Waals surface area contributed by atoms with Crippen LogP contribution in [0.1, 0.15) is 53.7 Å². The molecule has 6 rings (SSSR count). The van der Waals surface area contributed by atoms with Gasteiger partial charge in [0.15, 0.2) is 0 Å². The average Bonchev–Trinajstić information content (AvgIpc) is 3.66. The maximum atomic E-state index is 14.0. The van der Waals surface area contributed by atoms with Gasteiger partial charge in [-0.1, -0.05) is 18.2 Å². The Hall–Kier alpha value is -3.89. The molecule has 0 spiro atoms. The van der Waals surface area contributed by atoms with E-state index in [0.717, 1.165) is 41.7 Å². The zero-order valence-corrected chi connectivity index (χ0v) is 23.3. The predicted molar refractivity (Wildman–Crippen MR) is 150 cm³/mol. The molecule has 1 amide bonds. The fourth-order valence-electron chi connectivity index (χ4n) is 5.68. The molecule has 1 N–H and O–H groups in total. The van der Waals surface area contributed by atoms with Gasteiger partial charge in [-0.05, 0) is 96.8 Å². The van der Waals surface area contributed by atoms with Gasteiger partial charge in [-0.2, -0.15) is 0 Å². The number of aryl methyl sites for hydroxylation is 2. The number of sulfonamides is 1. The molecule has 2 aliphatic rings. The summed E-state index contributed by atoms with van der Waals surface area (Å²) in [4.78, 5) is 20.1. The van der Waals surface area contributed by atoms with E-state index in [1.807, 2.05) is 36.0 Å². The van der Waals surface area contributed by atoms with Gasteiger partial charge in [-0.3, -0.25) is 4.79 Å². The molecular weight excluding hydrogens is 546 g/mol. The topological polar surface area (TPSA) is 84.3 Å². The number of imidazole rings is 1. The zero-order valence-electron chi connectivity index (χ0n) is 22.5. The minimum absolute atomic E-state index is 0.00525. The molecule has 10 heteroatoms. The third-order valence-electron chi connectivity index (χ3n) is 8.07. The van der Waals surface area contributed by atoms with E-state index < -0.39 is 21.9 Å². The molecule has 0 radical (unpaired) electrons. The lowest BCUT2D eigenvalue weighted by atomic mass is 9.87. The number of fused-ring (bicyclic) bond motifs is 1. The molecule has 0 aliphatic heterocycles. The van der Waals surface area contributed by atoms with E-state index in [-0.39, 0.29) is 35.0 Å². The van der Waals surface area contributed by atoms with Crippen molar-refractivity contribution in [3.8, 4) is 0 Å². The summed E-state index contributed by atoms with van der Waals surface area (Å²) in [5.74, 6) is -0.395. The molecule has 7 nitrogen and oxygen atoms in total. The van der Waals surface area contributed by atoms with Crippen molar-refractivity contribution < 1.29 is 22.0 Å². The molecule has 212 valence electrons. The Labute approximate surface area is 237 Å². The molecule has 3 atom stereocenters. The van der Waals surface area contributed by atoms with Crippen molar-refractivity contribution in [2.45, 2.75) is 49.1 Å². The quantitative estimate of drug-likeness (QED) is 0.305. The second-order valence-electron chi connectivity index (χ2n) is 10.8. The molecule has 4 aromatic rings. The number of hydrogen-bond donors (Lipinski definition) is 1. The van der Waals surface area contributed by atoms with Crippen LogP contribution >= 0.6 is 0 Å². The van der Waals surface area contributed by atoms with E-state index in [4.69, 9.17) is 0 Å². The molecular formula is C31H30F2N4O3S. The van der Waals surface area contributed by atoms with Gasteiger partial charge in [0.2, 0.25) is 15.9 Å². The van der Waals surface area contributed by atoms with Crippen LogP contribution in [0.5, 0.6) is 0 Å². The number of amides is 1.